The summed E-state index contributed by atoms with van der Waals surface area (Å²) in [6.45, 7) is -0.625. The topological polar surface area (TPSA) is 25.8 Å². The Morgan fingerprint density at radius 3 is 2.40 bits per heavy atom. The molecule has 0 fully saturated rings. The normalized spacial score (nSPS) is 12.0. The molecule has 5 heteroatoms. The molecule has 0 rings (SSSR count). The van der Waals surface area contributed by atoms with Crippen LogP contribution >= 0.6 is 0 Å². The first-order valence-corrected chi connectivity index (χ1v) is 2.81. The fourth-order valence-electron chi connectivity index (χ4n) is 0.355. The molecule has 0 aromatic heterocycles. The third kappa shape index (κ3) is 7.71. The number of ether oxygens (including phenoxy) is 1. The number of halogens is 3. The second-order valence-corrected chi connectivity index (χ2v) is 1.75. The molecule has 10 heavy (non-hydrogen) atoms. The Hall–Kier alpha value is -0.290. The lowest BCUT2D eigenvalue weighted by Gasteiger charge is -2.06. The molecule has 0 amide bonds. The molecule has 0 aliphatic heterocycles. The minimum Gasteiger partial charge on any atom is -0.477 e. The van der Waals surface area contributed by atoms with Crippen LogP contribution in [-0.4, -0.2) is 25.9 Å². The Balaban J connectivity index is 3.04. The van der Waals surface area contributed by atoms with E-state index in [2.05, 4.69) is 11.8 Å². The van der Waals surface area contributed by atoms with Crippen LogP contribution in [-0.2, 0) is 4.74 Å². The van der Waals surface area contributed by atoms with E-state index in [0.717, 1.165) is 0 Å². The molecule has 0 aliphatic carbocycles. The standard InChI is InChI=1S/C5H10F3NO/c1-9-2-3-10-4-5(6,7)8/h1-4,9H2. The van der Waals surface area contributed by atoms with Crippen molar-refractivity contribution in [3.05, 3.63) is 7.05 Å². The zero-order valence-corrected chi connectivity index (χ0v) is 5.45. The average Bonchev–Trinajstić information content (AvgIpc) is 1.78. The third-order valence-electron chi connectivity index (χ3n) is 0.732. The van der Waals surface area contributed by atoms with Gasteiger partial charge in [0, 0.05) is 0 Å². The van der Waals surface area contributed by atoms with Crippen LogP contribution in [0, 0.1) is 7.05 Å². The van der Waals surface area contributed by atoms with Gasteiger partial charge in [0.15, 0.2) is 0 Å². The summed E-state index contributed by atoms with van der Waals surface area (Å²) in [7, 11) is 3.33. The summed E-state index contributed by atoms with van der Waals surface area (Å²) in [5.41, 5.74) is 0. The lowest BCUT2D eigenvalue weighted by molar-refractivity contribution is -0.597. The molecule has 0 unspecified atom stereocenters. The van der Waals surface area contributed by atoms with Crippen LogP contribution in [0.2, 0.25) is 0 Å². The SMILES string of the molecule is [CH2-][NH2+]CCOCC(F)(F)F. The van der Waals surface area contributed by atoms with Crippen molar-refractivity contribution < 1.29 is 23.2 Å². The van der Waals surface area contributed by atoms with Gasteiger partial charge >= 0.3 is 6.18 Å². The lowest BCUT2D eigenvalue weighted by atomic mass is 10.6. The molecule has 0 bridgehead atoms. The first-order valence-electron chi connectivity index (χ1n) is 2.81. The summed E-state index contributed by atoms with van der Waals surface area (Å²) in [5, 5.41) is 1.51. The van der Waals surface area contributed by atoms with Crippen LogP contribution in [0.15, 0.2) is 0 Å². The molecule has 0 aromatic rings. The van der Waals surface area contributed by atoms with E-state index < -0.39 is 12.8 Å². The van der Waals surface area contributed by atoms with Crippen molar-refractivity contribution in [1.82, 2.24) is 0 Å². The molecule has 0 spiro atoms. The highest BCUT2D eigenvalue weighted by molar-refractivity contribution is 4.44. The van der Waals surface area contributed by atoms with Gasteiger partial charge in [0.1, 0.15) is 6.61 Å². The maximum absolute atomic E-state index is 11.3. The van der Waals surface area contributed by atoms with E-state index in [1.54, 1.807) is 0 Å². The molecule has 0 radical (unpaired) electrons. The van der Waals surface area contributed by atoms with Gasteiger partial charge in [0.05, 0.1) is 13.2 Å². The highest BCUT2D eigenvalue weighted by Crippen LogP contribution is 2.13. The first kappa shape index (κ1) is 9.71. The van der Waals surface area contributed by atoms with Crippen molar-refractivity contribution in [3.8, 4) is 0 Å². The smallest absolute Gasteiger partial charge is 0.411 e. The Morgan fingerprint density at radius 2 is 2.00 bits per heavy atom. The Bertz CT molecular complexity index is 83.5. The van der Waals surface area contributed by atoms with Crippen LogP contribution in [0.5, 0.6) is 0 Å². The van der Waals surface area contributed by atoms with E-state index >= 15 is 0 Å². The molecule has 0 aliphatic rings. The molecule has 0 atom stereocenters. The molecule has 0 aromatic carbocycles. The van der Waals surface area contributed by atoms with Crippen molar-refractivity contribution in [1.29, 1.82) is 0 Å². The van der Waals surface area contributed by atoms with Crippen LogP contribution in [0.25, 0.3) is 0 Å². The van der Waals surface area contributed by atoms with E-state index in [1.165, 1.54) is 5.32 Å². The molecular weight excluding hydrogens is 147 g/mol. The fraction of sp³-hybridized carbons (Fsp3) is 0.800. The van der Waals surface area contributed by atoms with Gasteiger partial charge in [-0.2, -0.15) is 20.2 Å². The summed E-state index contributed by atoms with van der Waals surface area (Å²) in [5.74, 6) is 0. The Kier molecular flexibility index (Phi) is 4.38. The summed E-state index contributed by atoms with van der Waals surface area (Å²) < 4.78 is 38.2. The monoisotopic (exact) mass is 157 g/mol. The predicted octanol–water partition coefficient (Wildman–Crippen LogP) is -0.0797. The molecule has 0 saturated heterocycles. The zero-order chi connectivity index (χ0) is 8.04. The minimum absolute atomic E-state index is 0.0863. The first-order chi connectivity index (χ1) is 4.56. The van der Waals surface area contributed by atoms with E-state index in [1.807, 2.05) is 0 Å². The summed E-state index contributed by atoms with van der Waals surface area (Å²) in [6, 6.07) is 0. The average molecular weight is 157 g/mol. The largest absolute Gasteiger partial charge is 0.477 e. The van der Waals surface area contributed by atoms with E-state index in [9.17, 15) is 13.2 Å². The van der Waals surface area contributed by atoms with Gasteiger partial charge in [-0.1, -0.05) is 0 Å². The number of nitrogens with two attached hydrogens (primary N) is 1. The van der Waals surface area contributed by atoms with Gasteiger partial charge < -0.3 is 10.1 Å². The van der Waals surface area contributed by atoms with E-state index in [4.69, 9.17) is 0 Å². The second kappa shape index (κ2) is 4.51. The van der Waals surface area contributed by atoms with E-state index in [0.29, 0.717) is 6.54 Å². The Labute approximate surface area is 57.4 Å². The van der Waals surface area contributed by atoms with Gasteiger partial charge in [-0.25, -0.2) is 0 Å². The van der Waals surface area contributed by atoms with Crippen molar-refractivity contribution in [3.63, 3.8) is 0 Å². The van der Waals surface area contributed by atoms with Crippen molar-refractivity contribution >= 4 is 0 Å². The zero-order valence-electron chi connectivity index (χ0n) is 5.45. The van der Waals surface area contributed by atoms with Gasteiger partial charge in [0.2, 0.25) is 0 Å². The van der Waals surface area contributed by atoms with Gasteiger partial charge in [-0.15, -0.1) is 0 Å². The van der Waals surface area contributed by atoms with Crippen LogP contribution in [0.4, 0.5) is 13.2 Å². The van der Waals surface area contributed by atoms with Crippen LogP contribution in [0.1, 0.15) is 0 Å². The third-order valence-corrected chi connectivity index (χ3v) is 0.732. The van der Waals surface area contributed by atoms with Crippen molar-refractivity contribution in [2.24, 2.45) is 0 Å². The number of alkyl halides is 3. The molecule has 62 valence electrons. The maximum atomic E-state index is 11.3. The van der Waals surface area contributed by atoms with Gasteiger partial charge in [-0.3, -0.25) is 0 Å². The van der Waals surface area contributed by atoms with Crippen molar-refractivity contribution in [2.45, 2.75) is 6.18 Å². The maximum Gasteiger partial charge on any atom is 0.411 e. The number of hydrogen-bond donors (Lipinski definition) is 1. The molecule has 0 heterocycles. The fourth-order valence-corrected chi connectivity index (χ4v) is 0.355. The van der Waals surface area contributed by atoms with Gasteiger partial charge in [-0.05, 0) is 0 Å². The number of rotatable bonds is 4. The van der Waals surface area contributed by atoms with Crippen molar-refractivity contribution in [2.75, 3.05) is 19.8 Å². The highest BCUT2D eigenvalue weighted by Gasteiger charge is 2.27. The second-order valence-electron chi connectivity index (χ2n) is 1.75. The molecule has 0 saturated carbocycles. The summed E-state index contributed by atoms with van der Waals surface area (Å²) >= 11 is 0. The predicted molar refractivity (Wildman–Crippen MR) is 29.0 cm³/mol. The molecule has 2 N–H and O–H groups in total. The highest BCUT2D eigenvalue weighted by atomic mass is 19.4. The molecular formula is C5H10F3NO. The van der Waals surface area contributed by atoms with E-state index in [-0.39, 0.29) is 6.61 Å². The number of hydrogen-bond acceptors (Lipinski definition) is 1. The number of quaternary nitrogens is 1. The van der Waals surface area contributed by atoms with Crippen LogP contribution < -0.4 is 5.32 Å². The quantitative estimate of drug-likeness (QED) is 0.448. The minimum atomic E-state index is -4.21. The van der Waals surface area contributed by atoms with Gasteiger partial charge in [0.25, 0.3) is 0 Å². The Morgan fingerprint density at radius 1 is 1.40 bits per heavy atom. The van der Waals surface area contributed by atoms with Crippen LogP contribution in [0.3, 0.4) is 0 Å². The summed E-state index contributed by atoms with van der Waals surface area (Å²) in [4.78, 5) is 0. The summed E-state index contributed by atoms with van der Waals surface area (Å²) in [6.07, 6.45) is -4.21. The molecule has 2 nitrogen and oxygen atoms in total. The lowest BCUT2D eigenvalue weighted by Crippen LogP contribution is -2.78.